The quantitative estimate of drug-likeness (QED) is 0.657. The van der Waals surface area contributed by atoms with Crippen LogP contribution in [-0.4, -0.2) is 47.3 Å². The number of benzene rings is 1. The summed E-state index contributed by atoms with van der Waals surface area (Å²) in [4.78, 5) is 37.8. The summed E-state index contributed by atoms with van der Waals surface area (Å²) in [5.41, 5.74) is 2.98. The van der Waals surface area contributed by atoms with Gasteiger partial charge in [0.2, 0.25) is 11.8 Å². The average molecular weight is 384 g/mol. The van der Waals surface area contributed by atoms with E-state index in [-0.39, 0.29) is 29.7 Å². The number of hydrogen-bond donors (Lipinski definition) is 3. The molecular weight excluding hydrogens is 356 g/mol. The standard InChI is InChI=1S/C21H28N4O3/c1-21(2)8-14(11-23-21)10-22-9-13-3-4-16-15(7-13)12-25(20(16)28)17-5-6-18(26)24-19(17)27/h3-4,7,14,17,22-23H,5-6,8-12H2,1-2H3,(H,24,26,27). The van der Waals surface area contributed by atoms with Crippen LogP contribution in [0.4, 0.5) is 0 Å². The van der Waals surface area contributed by atoms with Crippen LogP contribution in [0.1, 0.15) is 54.6 Å². The predicted octanol–water partition coefficient (Wildman–Crippen LogP) is 0.925. The van der Waals surface area contributed by atoms with Gasteiger partial charge >= 0.3 is 0 Å². The molecule has 7 nitrogen and oxygen atoms in total. The number of carbonyl (C=O) groups excluding carboxylic acids is 3. The molecule has 3 aliphatic rings. The Kier molecular flexibility index (Phi) is 4.97. The monoisotopic (exact) mass is 384 g/mol. The molecular formula is C21H28N4O3. The molecule has 2 fully saturated rings. The van der Waals surface area contributed by atoms with Gasteiger partial charge in [-0.25, -0.2) is 0 Å². The highest BCUT2D eigenvalue weighted by molar-refractivity contribution is 6.05. The SMILES string of the molecule is CC1(C)CC(CNCc2ccc3c(c2)CN(C2CCC(=O)NC2=O)C3=O)CN1. The van der Waals surface area contributed by atoms with Crippen molar-refractivity contribution in [2.45, 2.75) is 57.8 Å². The summed E-state index contributed by atoms with van der Waals surface area (Å²) in [6, 6.07) is 5.34. The van der Waals surface area contributed by atoms with Crippen LogP contribution in [0.15, 0.2) is 18.2 Å². The number of piperidine rings is 1. The summed E-state index contributed by atoms with van der Waals surface area (Å²) >= 11 is 0. The van der Waals surface area contributed by atoms with Crippen LogP contribution in [0.3, 0.4) is 0 Å². The molecule has 0 bridgehead atoms. The van der Waals surface area contributed by atoms with Crippen molar-refractivity contribution in [1.29, 1.82) is 0 Å². The van der Waals surface area contributed by atoms with Gasteiger partial charge in [-0.05, 0) is 62.9 Å². The lowest BCUT2D eigenvalue weighted by Crippen LogP contribution is -2.52. The Hall–Kier alpha value is -2.25. The van der Waals surface area contributed by atoms with E-state index in [4.69, 9.17) is 0 Å². The average Bonchev–Trinajstić information content (AvgIpc) is 3.14. The molecule has 1 aromatic rings. The number of imide groups is 1. The Morgan fingerprint density at radius 3 is 2.79 bits per heavy atom. The van der Waals surface area contributed by atoms with E-state index >= 15 is 0 Å². The van der Waals surface area contributed by atoms with Crippen LogP contribution in [0.5, 0.6) is 0 Å². The molecule has 2 unspecified atom stereocenters. The number of amides is 3. The summed E-state index contributed by atoms with van der Waals surface area (Å²) < 4.78 is 0. The summed E-state index contributed by atoms with van der Waals surface area (Å²) in [5, 5.41) is 9.41. The Balaban J connectivity index is 1.36. The van der Waals surface area contributed by atoms with E-state index in [1.54, 1.807) is 4.90 Å². The Morgan fingerprint density at radius 1 is 1.25 bits per heavy atom. The summed E-state index contributed by atoms with van der Waals surface area (Å²) in [6.45, 7) is 7.66. The fourth-order valence-corrected chi connectivity index (χ4v) is 4.59. The predicted molar refractivity (Wildman–Crippen MR) is 104 cm³/mol. The molecule has 150 valence electrons. The first kappa shape index (κ1) is 19.1. The molecule has 0 aromatic heterocycles. The molecule has 0 saturated carbocycles. The topological polar surface area (TPSA) is 90.5 Å². The zero-order valence-electron chi connectivity index (χ0n) is 16.5. The van der Waals surface area contributed by atoms with Gasteiger partial charge < -0.3 is 15.5 Å². The first-order valence-electron chi connectivity index (χ1n) is 10.0. The van der Waals surface area contributed by atoms with Crippen molar-refractivity contribution in [1.82, 2.24) is 20.9 Å². The molecule has 1 aromatic carbocycles. The lowest BCUT2D eigenvalue weighted by molar-refractivity contribution is -0.136. The third-order valence-corrected chi connectivity index (χ3v) is 6.02. The molecule has 3 N–H and O–H groups in total. The largest absolute Gasteiger partial charge is 0.322 e. The zero-order valence-corrected chi connectivity index (χ0v) is 16.5. The maximum Gasteiger partial charge on any atom is 0.255 e. The van der Waals surface area contributed by atoms with Crippen molar-refractivity contribution in [3.63, 3.8) is 0 Å². The van der Waals surface area contributed by atoms with Crippen LogP contribution >= 0.6 is 0 Å². The Bertz CT molecular complexity index is 820. The van der Waals surface area contributed by atoms with Crippen molar-refractivity contribution in [2.75, 3.05) is 13.1 Å². The van der Waals surface area contributed by atoms with E-state index in [0.717, 1.165) is 30.8 Å². The van der Waals surface area contributed by atoms with Crippen molar-refractivity contribution >= 4 is 17.7 Å². The van der Waals surface area contributed by atoms with Gasteiger partial charge in [-0.1, -0.05) is 12.1 Å². The molecule has 3 amide bonds. The van der Waals surface area contributed by atoms with Gasteiger partial charge in [0.25, 0.3) is 5.91 Å². The second-order valence-corrected chi connectivity index (χ2v) is 8.86. The number of fused-ring (bicyclic) bond motifs is 1. The van der Waals surface area contributed by atoms with Gasteiger partial charge in [0, 0.05) is 30.6 Å². The number of rotatable bonds is 5. The molecule has 2 atom stereocenters. The van der Waals surface area contributed by atoms with Crippen LogP contribution < -0.4 is 16.0 Å². The molecule has 7 heteroatoms. The van der Waals surface area contributed by atoms with Crippen LogP contribution in [0.2, 0.25) is 0 Å². The third kappa shape index (κ3) is 3.82. The third-order valence-electron chi connectivity index (χ3n) is 6.02. The number of nitrogens with one attached hydrogen (secondary N) is 3. The van der Waals surface area contributed by atoms with Gasteiger partial charge in [-0.2, -0.15) is 0 Å². The minimum absolute atomic E-state index is 0.122. The minimum atomic E-state index is -0.558. The molecule has 0 spiro atoms. The maximum atomic E-state index is 12.7. The van der Waals surface area contributed by atoms with Crippen molar-refractivity contribution in [2.24, 2.45) is 5.92 Å². The van der Waals surface area contributed by atoms with Crippen LogP contribution in [-0.2, 0) is 22.7 Å². The van der Waals surface area contributed by atoms with E-state index in [1.165, 1.54) is 6.42 Å². The van der Waals surface area contributed by atoms with E-state index in [0.29, 0.717) is 24.4 Å². The van der Waals surface area contributed by atoms with E-state index < -0.39 is 6.04 Å². The Morgan fingerprint density at radius 2 is 2.07 bits per heavy atom. The number of carbonyl (C=O) groups is 3. The molecule has 3 heterocycles. The van der Waals surface area contributed by atoms with Gasteiger partial charge in [-0.15, -0.1) is 0 Å². The van der Waals surface area contributed by atoms with Gasteiger partial charge in [0.05, 0.1) is 0 Å². The maximum absolute atomic E-state index is 12.7. The summed E-state index contributed by atoms with van der Waals surface area (Å²) in [7, 11) is 0. The molecule has 2 saturated heterocycles. The van der Waals surface area contributed by atoms with Crippen molar-refractivity contribution in [3.05, 3.63) is 34.9 Å². The lowest BCUT2D eigenvalue weighted by Gasteiger charge is -2.29. The highest BCUT2D eigenvalue weighted by Gasteiger charge is 2.39. The van der Waals surface area contributed by atoms with Gasteiger partial charge in [0.15, 0.2) is 0 Å². The number of hydrogen-bond acceptors (Lipinski definition) is 5. The minimum Gasteiger partial charge on any atom is -0.322 e. The highest BCUT2D eigenvalue weighted by Crippen LogP contribution is 2.28. The molecule has 4 rings (SSSR count). The van der Waals surface area contributed by atoms with E-state index in [1.807, 2.05) is 12.1 Å². The fraction of sp³-hybridized carbons (Fsp3) is 0.571. The summed E-state index contributed by atoms with van der Waals surface area (Å²) in [6.07, 6.45) is 1.84. The van der Waals surface area contributed by atoms with Gasteiger partial charge in [-0.3, -0.25) is 19.7 Å². The smallest absolute Gasteiger partial charge is 0.255 e. The first-order valence-corrected chi connectivity index (χ1v) is 10.0. The van der Waals surface area contributed by atoms with Crippen molar-refractivity contribution < 1.29 is 14.4 Å². The second-order valence-electron chi connectivity index (χ2n) is 8.86. The Labute approximate surface area is 165 Å². The molecule has 3 aliphatic heterocycles. The normalized spacial score (nSPS) is 26.5. The fourth-order valence-electron chi connectivity index (χ4n) is 4.59. The molecule has 0 aliphatic carbocycles. The van der Waals surface area contributed by atoms with Crippen molar-refractivity contribution in [3.8, 4) is 0 Å². The molecule has 28 heavy (non-hydrogen) atoms. The zero-order chi connectivity index (χ0) is 19.9. The highest BCUT2D eigenvalue weighted by atomic mass is 16.2. The summed E-state index contributed by atoms with van der Waals surface area (Å²) in [5.74, 6) is -0.121. The number of nitrogens with zero attached hydrogens (tertiary/aromatic N) is 1. The van der Waals surface area contributed by atoms with Crippen LogP contribution in [0.25, 0.3) is 0 Å². The molecule has 0 radical (unpaired) electrons. The first-order chi connectivity index (χ1) is 13.3. The van der Waals surface area contributed by atoms with Crippen LogP contribution in [0, 0.1) is 5.92 Å². The second kappa shape index (κ2) is 7.29. The van der Waals surface area contributed by atoms with E-state index in [2.05, 4.69) is 35.9 Å². The van der Waals surface area contributed by atoms with Gasteiger partial charge in [0.1, 0.15) is 6.04 Å². The lowest BCUT2D eigenvalue weighted by atomic mass is 9.97. The van der Waals surface area contributed by atoms with E-state index in [9.17, 15) is 14.4 Å².